The summed E-state index contributed by atoms with van der Waals surface area (Å²) in [5, 5.41) is 9.21. The van der Waals surface area contributed by atoms with Crippen LogP contribution in [0.4, 0.5) is 0 Å². The molecule has 0 saturated heterocycles. The van der Waals surface area contributed by atoms with E-state index >= 15 is 0 Å². The molecule has 0 aromatic heterocycles. The first-order valence-corrected chi connectivity index (χ1v) is 7.22. The van der Waals surface area contributed by atoms with Crippen LogP contribution in [0.3, 0.4) is 0 Å². The first kappa shape index (κ1) is 14.6. The average molecular weight is 288 g/mol. The number of aliphatic hydroxyl groups is 1. The van der Waals surface area contributed by atoms with E-state index in [0.29, 0.717) is 5.56 Å². The highest BCUT2D eigenvalue weighted by molar-refractivity contribution is 7.98. The number of carbonyl (C=O) groups excluding carboxylic acids is 1. The van der Waals surface area contributed by atoms with E-state index in [1.54, 1.807) is 23.9 Å². The maximum absolute atomic E-state index is 11.7. The van der Waals surface area contributed by atoms with Crippen molar-refractivity contribution in [2.24, 2.45) is 0 Å². The molecule has 0 amide bonds. The average Bonchev–Trinajstić information content (AvgIpc) is 2.52. The molecule has 3 nitrogen and oxygen atoms in total. The van der Waals surface area contributed by atoms with Crippen LogP contribution in [0.5, 0.6) is 0 Å². The van der Waals surface area contributed by atoms with Crippen LogP contribution in [0.15, 0.2) is 53.4 Å². The summed E-state index contributed by atoms with van der Waals surface area (Å²) in [6.45, 7) is -0.0413. The summed E-state index contributed by atoms with van der Waals surface area (Å²) in [6.07, 6.45) is 0. The van der Waals surface area contributed by atoms with Crippen molar-refractivity contribution < 1.29 is 14.6 Å². The molecule has 0 atom stereocenters. The van der Waals surface area contributed by atoms with Gasteiger partial charge in [-0.1, -0.05) is 36.4 Å². The fourth-order valence-electron chi connectivity index (χ4n) is 1.80. The molecule has 0 unspecified atom stereocenters. The highest BCUT2D eigenvalue weighted by Gasteiger charge is 2.13. The predicted molar refractivity (Wildman–Crippen MR) is 79.7 cm³/mol. The molecule has 0 bridgehead atoms. The van der Waals surface area contributed by atoms with Gasteiger partial charge in [0.1, 0.15) is 0 Å². The number of hydrogen-bond acceptors (Lipinski definition) is 4. The minimum atomic E-state index is -0.356. The monoisotopic (exact) mass is 288 g/mol. The molecule has 4 heteroatoms. The molecule has 0 saturated carbocycles. The molecule has 0 radical (unpaired) electrons. The Hall–Kier alpha value is -1.78. The number of benzene rings is 2. The molecule has 0 aliphatic rings. The molecular formula is C16H16O3S. The van der Waals surface area contributed by atoms with Crippen LogP contribution in [0, 0.1) is 0 Å². The first-order chi connectivity index (χ1) is 9.74. The Labute approximate surface area is 122 Å². The van der Waals surface area contributed by atoms with Crippen molar-refractivity contribution in [1.29, 1.82) is 0 Å². The Morgan fingerprint density at radius 2 is 1.90 bits per heavy atom. The summed E-state index contributed by atoms with van der Waals surface area (Å²) in [5.41, 5.74) is 2.50. The zero-order valence-corrected chi connectivity index (χ0v) is 12.0. The van der Waals surface area contributed by atoms with E-state index in [2.05, 4.69) is 0 Å². The van der Waals surface area contributed by atoms with E-state index in [-0.39, 0.29) is 12.6 Å². The number of carbonyl (C=O) groups is 1. The second kappa shape index (κ2) is 7.12. The van der Waals surface area contributed by atoms with Gasteiger partial charge in [-0.3, -0.25) is 0 Å². The largest absolute Gasteiger partial charge is 0.465 e. The molecule has 104 valence electrons. The summed E-state index contributed by atoms with van der Waals surface area (Å²) >= 11 is 1.56. The van der Waals surface area contributed by atoms with Crippen LogP contribution in [0.1, 0.15) is 21.5 Å². The van der Waals surface area contributed by atoms with Crippen LogP contribution in [-0.4, -0.2) is 18.2 Å². The summed E-state index contributed by atoms with van der Waals surface area (Å²) in [7, 11) is 1.37. The van der Waals surface area contributed by atoms with Gasteiger partial charge >= 0.3 is 5.97 Å². The van der Waals surface area contributed by atoms with Gasteiger partial charge in [0.2, 0.25) is 0 Å². The summed E-state index contributed by atoms with van der Waals surface area (Å²) in [5.74, 6) is 0.407. The van der Waals surface area contributed by atoms with Crippen molar-refractivity contribution in [3.63, 3.8) is 0 Å². The van der Waals surface area contributed by atoms with Crippen molar-refractivity contribution in [3.05, 3.63) is 65.2 Å². The van der Waals surface area contributed by atoms with Crippen LogP contribution in [0.2, 0.25) is 0 Å². The van der Waals surface area contributed by atoms with Gasteiger partial charge in [0.05, 0.1) is 19.3 Å². The molecule has 0 spiro atoms. The number of rotatable bonds is 5. The van der Waals surface area contributed by atoms with Crippen molar-refractivity contribution in [1.82, 2.24) is 0 Å². The van der Waals surface area contributed by atoms with Crippen LogP contribution in [-0.2, 0) is 17.1 Å². The molecule has 1 N–H and O–H groups in total. The lowest BCUT2D eigenvalue weighted by Crippen LogP contribution is -2.04. The SMILES string of the molecule is COC(=O)c1ccc(CO)cc1SCc1ccccc1. The highest BCUT2D eigenvalue weighted by atomic mass is 32.2. The summed E-state index contributed by atoms with van der Waals surface area (Å²) in [4.78, 5) is 12.6. The second-order valence-corrected chi connectivity index (χ2v) is 5.27. The quantitative estimate of drug-likeness (QED) is 0.677. The lowest BCUT2D eigenvalue weighted by Gasteiger charge is -2.09. The maximum Gasteiger partial charge on any atom is 0.338 e. The van der Waals surface area contributed by atoms with Gasteiger partial charge in [-0.25, -0.2) is 4.79 Å². The molecule has 2 rings (SSSR count). The molecular weight excluding hydrogens is 272 g/mol. The molecule has 0 aliphatic heterocycles. The topological polar surface area (TPSA) is 46.5 Å². The van der Waals surface area contributed by atoms with Crippen molar-refractivity contribution in [2.45, 2.75) is 17.3 Å². The molecule has 2 aromatic carbocycles. The second-order valence-electron chi connectivity index (χ2n) is 4.25. The lowest BCUT2D eigenvalue weighted by atomic mass is 10.1. The van der Waals surface area contributed by atoms with Gasteiger partial charge in [-0.05, 0) is 23.3 Å². The van der Waals surface area contributed by atoms with Gasteiger partial charge in [-0.15, -0.1) is 11.8 Å². The number of esters is 1. The third-order valence-corrected chi connectivity index (χ3v) is 4.00. The Kier molecular flexibility index (Phi) is 5.21. The third-order valence-electron chi connectivity index (χ3n) is 2.87. The van der Waals surface area contributed by atoms with Gasteiger partial charge in [0, 0.05) is 10.6 Å². The first-order valence-electron chi connectivity index (χ1n) is 6.23. The zero-order valence-electron chi connectivity index (χ0n) is 11.2. The fourth-order valence-corrected chi connectivity index (χ4v) is 2.85. The van der Waals surface area contributed by atoms with E-state index in [0.717, 1.165) is 16.2 Å². The van der Waals surface area contributed by atoms with Gasteiger partial charge < -0.3 is 9.84 Å². The predicted octanol–water partition coefficient (Wildman–Crippen LogP) is 3.26. The number of thioether (sulfide) groups is 1. The number of methoxy groups -OCH3 is 1. The van der Waals surface area contributed by atoms with E-state index in [1.165, 1.54) is 12.7 Å². The molecule has 20 heavy (non-hydrogen) atoms. The van der Waals surface area contributed by atoms with Crippen molar-refractivity contribution in [2.75, 3.05) is 7.11 Å². The standard InChI is InChI=1S/C16H16O3S/c1-19-16(18)14-8-7-13(10-17)9-15(14)20-11-12-5-3-2-4-6-12/h2-9,17H,10-11H2,1H3. The van der Waals surface area contributed by atoms with E-state index in [9.17, 15) is 9.90 Å². The normalized spacial score (nSPS) is 10.3. The van der Waals surface area contributed by atoms with Crippen LogP contribution >= 0.6 is 11.8 Å². The van der Waals surface area contributed by atoms with Crippen molar-refractivity contribution >= 4 is 17.7 Å². The zero-order chi connectivity index (χ0) is 14.4. The molecule has 0 aliphatic carbocycles. The lowest BCUT2D eigenvalue weighted by molar-refractivity contribution is 0.0596. The number of aliphatic hydroxyl groups excluding tert-OH is 1. The molecule has 0 fully saturated rings. The smallest absolute Gasteiger partial charge is 0.338 e. The van der Waals surface area contributed by atoms with Crippen LogP contribution in [0.25, 0.3) is 0 Å². The molecule has 0 heterocycles. The van der Waals surface area contributed by atoms with Crippen molar-refractivity contribution in [3.8, 4) is 0 Å². The number of ether oxygens (including phenoxy) is 1. The van der Waals surface area contributed by atoms with Gasteiger partial charge in [-0.2, -0.15) is 0 Å². The third kappa shape index (κ3) is 3.62. The Morgan fingerprint density at radius 3 is 2.55 bits per heavy atom. The summed E-state index contributed by atoms with van der Waals surface area (Å²) < 4.78 is 4.79. The van der Waals surface area contributed by atoms with E-state index in [1.807, 2.05) is 36.4 Å². The Balaban J connectivity index is 2.21. The van der Waals surface area contributed by atoms with Crippen LogP contribution < -0.4 is 0 Å². The van der Waals surface area contributed by atoms with E-state index in [4.69, 9.17) is 4.74 Å². The van der Waals surface area contributed by atoms with Gasteiger partial charge in [0.25, 0.3) is 0 Å². The molecule has 2 aromatic rings. The highest BCUT2D eigenvalue weighted by Crippen LogP contribution is 2.28. The Morgan fingerprint density at radius 1 is 1.15 bits per heavy atom. The maximum atomic E-state index is 11.7. The van der Waals surface area contributed by atoms with E-state index < -0.39 is 0 Å². The summed E-state index contributed by atoms with van der Waals surface area (Å²) in [6, 6.07) is 15.3. The minimum absolute atomic E-state index is 0.0413. The fraction of sp³-hybridized carbons (Fsp3) is 0.188. The Bertz CT molecular complexity index is 582. The minimum Gasteiger partial charge on any atom is -0.465 e. The number of hydrogen-bond donors (Lipinski definition) is 1. The van der Waals surface area contributed by atoms with Gasteiger partial charge in [0.15, 0.2) is 0 Å².